The van der Waals surface area contributed by atoms with Gasteiger partial charge in [0.2, 0.25) is 0 Å². The summed E-state index contributed by atoms with van der Waals surface area (Å²) in [5.41, 5.74) is 0.124. The van der Waals surface area contributed by atoms with Crippen molar-refractivity contribution in [3.63, 3.8) is 0 Å². The van der Waals surface area contributed by atoms with E-state index in [1.807, 2.05) is 39.0 Å². The van der Waals surface area contributed by atoms with Crippen molar-refractivity contribution >= 4 is 22.0 Å². The van der Waals surface area contributed by atoms with Gasteiger partial charge in [-0.1, -0.05) is 46.3 Å². The molecule has 140 valence electrons. The topological polar surface area (TPSA) is 41.1 Å². The van der Waals surface area contributed by atoms with Gasteiger partial charge in [0.15, 0.2) is 0 Å². The van der Waals surface area contributed by atoms with Gasteiger partial charge in [-0.25, -0.2) is 4.79 Å². The molecule has 1 unspecified atom stereocenters. The van der Waals surface area contributed by atoms with Crippen LogP contribution in [0.15, 0.2) is 53.0 Å². The summed E-state index contributed by atoms with van der Waals surface area (Å²) in [6.45, 7) is 5.54. The van der Waals surface area contributed by atoms with Crippen molar-refractivity contribution in [3.8, 4) is 0 Å². The molecule has 0 saturated heterocycles. The number of amides is 2. The van der Waals surface area contributed by atoms with E-state index in [9.17, 15) is 18.0 Å². The number of alkyl halides is 3. The largest absolute Gasteiger partial charge is 0.416 e. The van der Waals surface area contributed by atoms with Gasteiger partial charge in [0, 0.05) is 10.0 Å². The molecule has 2 aromatic rings. The lowest BCUT2D eigenvalue weighted by atomic mass is 9.97. The quantitative estimate of drug-likeness (QED) is 0.650. The van der Waals surface area contributed by atoms with E-state index in [1.165, 1.54) is 12.1 Å². The van der Waals surface area contributed by atoms with E-state index in [0.29, 0.717) is 5.56 Å². The van der Waals surface area contributed by atoms with Crippen LogP contribution in [0.3, 0.4) is 0 Å². The van der Waals surface area contributed by atoms with E-state index in [0.717, 1.165) is 22.2 Å². The lowest BCUT2D eigenvalue weighted by Gasteiger charge is -2.26. The second kappa shape index (κ2) is 7.70. The van der Waals surface area contributed by atoms with E-state index >= 15 is 0 Å². The van der Waals surface area contributed by atoms with Crippen LogP contribution in [0.25, 0.3) is 0 Å². The fourth-order valence-corrected chi connectivity index (χ4v) is 2.94. The molecule has 3 nitrogen and oxygen atoms in total. The van der Waals surface area contributed by atoms with Gasteiger partial charge in [-0.2, -0.15) is 13.2 Å². The molecule has 0 aliphatic rings. The molecule has 1 atom stereocenters. The van der Waals surface area contributed by atoms with Gasteiger partial charge in [0.1, 0.15) is 0 Å². The summed E-state index contributed by atoms with van der Waals surface area (Å²) in [5, 5.41) is 5.64. The van der Waals surface area contributed by atoms with E-state index in [-0.39, 0.29) is 0 Å². The molecule has 0 bridgehead atoms. The molecule has 0 aliphatic heterocycles. The predicted molar refractivity (Wildman–Crippen MR) is 98.8 cm³/mol. The van der Waals surface area contributed by atoms with Crippen LogP contribution in [0.1, 0.15) is 43.5 Å². The van der Waals surface area contributed by atoms with Crippen LogP contribution < -0.4 is 10.6 Å². The van der Waals surface area contributed by atoms with E-state index in [4.69, 9.17) is 0 Å². The van der Waals surface area contributed by atoms with Crippen LogP contribution in [-0.2, 0) is 6.18 Å². The average molecular weight is 429 g/mol. The van der Waals surface area contributed by atoms with Crippen molar-refractivity contribution < 1.29 is 18.0 Å². The Kier molecular flexibility index (Phi) is 6.01. The molecule has 0 saturated carbocycles. The molecule has 26 heavy (non-hydrogen) atoms. The summed E-state index contributed by atoms with van der Waals surface area (Å²) in [5.74, 6) is 0. The minimum atomic E-state index is -4.40. The summed E-state index contributed by atoms with van der Waals surface area (Å²) in [6, 6.07) is 11.0. The first kappa shape index (κ1) is 20.3. The molecule has 2 aromatic carbocycles. The highest BCUT2D eigenvalue weighted by molar-refractivity contribution is 9.10. The first-order chi connectivity index (χ1) is 12.0. The van der Waals surface area contributed by atoms with Gasteiger partial charge in [0.25, 0.3) is 0 Å². The molecule has 0 fully saturated rings. The Balaban J connectivity index is 2.38. The standard InChI is InChI=1S/C19H20BrF3N2O/c1-18(2,3)25-17(26)24-16(14-6-4-5-7-15(14)20)12-8-10-13(11-9-12)19(21,22)23/h4-11,16H,1-3H3,(H2,24,25,26). The Labute approximate surface area is 159 Å². The van der Waals surface area contributed by atoms with E-state index in [2.05, 4.69) is 26.6 Å². The normalized spacial score (nSPS) is 13.2. The zero-order chi connectivity index (χ0) is 19.5. The van der Waals surface area contributed by atoms with Gasteiger partial charge < -0.3 is 10.6 Å². The molecule has 0 aliphatic carbocycles. The lowest BCUT2D eigenvalue weighted by Crippen LogP contribution is -2.47. The van der Waals surface area contributed by atoms with Crippen LogP contribution in [0, 0.1) is 0 Å². The minimum Gasteiger partial charge on any atom is -0.334 e. The van der Waals surface area contributed by atoms with Gasteiger partial charge in [-0.15, -0.1) is 0 Å². The third kappa shape index (κ3) is 5.49. The summed E-state index contributed by atoms with van der Waals surface area (Å²) >= 11 is 3.44. The minimum absolute atomic E-state index is 0.404. The van der Waals surface area contributed by atoms with Gasteiger partial charge in [-0.05, 0) is 50.1 Å². The van der Waals surface area contributed by atoms with Crippen molar-refractivity contribution in [1.29, 1.82) is 0 Å². The summed E-state index contributed by atoms with van der Waals surface area (Å²) in [6.07, 6.45) is -4.40. The van der Waals surface area contributed by atoms with Crippen molar-refractivity contribution in [2.24, 2.45) is 0 Å². The fourth-order valence-electron chi connectivity index (χ4n) is 2.42. The molecule has 0 radical (unpaired) electrons. The number of carbonyl (C=O) groups is 1. The van der Waals surface area contributed by atoms with Crippen LogP contribution in [-0.4, -0.2) is 11.6 Å². The number of rotatable bonds is 3. The van der Waals surface area contributed by atoms with Crippen molar-refractivity contribution in [1.82, 2.24) is 10.6 Å². The van der Waals surface area contributed by atoms with E-state index in [1.54, 1.807) is 6.07 Å². The highest BCUT2D eigenvalue weighted by Crippen LogP contribution is 2.32. The Morgan fingerprint density at radius 1 is 1.00 bits per heavy atom. The number of hydrogen-bond acceptors (Lipinski definition) is 1. The molecule has 0 aromatic heterocycles. The number of halogens is 4. The van der Waals surface area contributed by atoms with Crippen LogP contribution in [0.5, 0.6) is 0 Å². The summed E-state index contributed by atoms with van der Waals surface area (Å²) in [7, 11) is 0. The van der Waals surface area contributed by atoms with Crippen LogP contribution in [0.4, 0.5) is 18.0 Å². The second-order valence-corrected chi connectivity index (χ2v) is 7.78. The molecule has 2 N–H and O–H groups in total. The number of nitrogens with one attached hydrogen (secondary N) is 2. The summed E-state index contributed by atoms with van der Waals surface area (Å²) < 4.78 is 39.2. The highest BCUT2D eigenvalue weighted by atomic mass is 79.9. The van der Waals surface area contributed by atoms with Gasteiger partial charge in [-0.3, -0.25) is 0 Å². The zero-order valence-corrected chi connectivity index (χ0v) is 16.2. The first-order valence-corrected chi connectivity index (χ1v) is 8.77. The molecule has 0 heterocycles. The Morgan fingerprint density at radius 3 is 2.08 bits per heavy atom. The fraction of sp³-hybridized carbons (Fsp3) is 0.316. The molecule has 2 rings (SSSR count). The first-order valence-electron chi connectivity index (χ1n) is 7.97. The highest BCUT2D eigenvalue weighted by Gasteiger charge is 2.30. The predicted octanol–water partition coefficient (Wildman–Crippen LogP) is 5.66. The summed E-state index contributed by atoms with van der Waals surface area (Å²) in [4.78, 5) is 12.3. The van der Waals surface area contributed by atoms with Crippen molar-refractivity contribution in [2.45, 2.75) is 38.5 Å². The van der Waals surface area contributed by atoms with Crippen LogP contribution >= 0.6 is 15.9 Å². The maximum absolute atomic E-state index is 12.8. The molecule has 2 amide bonds. The van der Waals surface area contributed by atoms with Crippen molar-refractivity contribution in [2.75, 3.05) is 0 Å². The zero-order valence-electron chi connectivity index (χ0n) is 14.6. The monoisotopic (exact) mass is 428 g/mol. The maximum atomic E-state index is 12.8. The number of hydrogen-bond donors (Lipinski definition) is 2. The SMILES string of the molecule is CC(C)(C)NC(=O)NC(c1ccc(C(F)(F)F)cc1)c1ccccc1Br. The number of carbonyl (C=O) groups excluding carboxylic acids is 1. The maximum Gasteiger partial charge on any atom is 0.416 e. The average Bonchev–Trinajstić information content (AvgIpc) is 2.51. The third-order valence-corrected chi connectivity index (χ3v) is 4.27. The van der Waals surface area contributed by atoms with Gasteiger partial charge in [0.05, 0.1) is 11.6 Å². The molecular weight excluding hydrogens is 409 g/mol. The Bertz CT molecular complexity index is 768. The molecular formula is C19H20BrF3N2O. The van der Waals surface area contributed by atoms with Crippen LogP contribution in [0.2, 0.25) is 0 Å². The lowest BCUT2D eigenvalue weighted by molar-refractivity contribution is -0.137. The van der Waals surface area contributed by atoms with Crippen molar-refractivity contribution in [3.05, 3.63) is 69.7 Å². The molecule has 7 heteroatoms. The van der Waals surface area contributed by atoms with E-state index < -0.39 is 29.4 Å². The Hall–Kier alpha value is -2.02. The Morgan fingerprint density at radius 2 is 1.58 bits per heavy atom. The molecule has 0 spiro atoms. The smallest absolute Gasteiger partial charge is 0.334 e. The number of urea groups is 1. The third-order valence-electron chi connectivity index (χ3n) is 3.55. The second-order valence-electron chi connectivity index (χ2n) is 6.92. The van der Waals surface area contributed by atoms with Gasteiger partial charge >= 0.3 is 12.2 Å². The number of benzene rings is 2.